The smallest absolute Gasteiger partial charge is 0.328 e. The van der Waals surface area contributed by atoms with Crippen LogP contribution in [0.15, 0.2) is 0 Å². The minimum atomic E-state index is -0.608. The van der Waals surface area contributed by atoms with E-state index in [2.05, 4.69) is 13.8 Å². The molecule has 2 aliphatic carbocycles. The van der Waals surface area contributed by atoms with Gasteiger partial charge in [0.2, 0.25) is 5.91 Å². The first-order valence-corrected chi connectivity index (χ1v) is 11.6. The number of hydrogen-bond donors (Lipinski definition) is 0. The fraction of sp³-hybridized carbons (Fsp3) is 0.880. The molecule has 1 saturated heterocycles. The summed E-state index contributed by atoms with van der Waals surface area (Å²) in [5, 5.41) is 0. The van der Waals surface area contributed by atoms with Crippen LogP contribution in [0.2, 0.25) is 0 Å². The van der Waals surface area contributed by atoms with Gasteiger partial charge in [0.15, 0.2) is 0 Å². The van der Waals surface area contributed by atoms with Crippen molar-refractivity contribution >= 4 is 17.8 Å². The van der Waals surface area contributed by atoms with Crippen LogP contribution in [0.25, 0.3) is 0 Å². The summed E-state index contributed by atoms with van der Waals surface area (Å²) in [6.07, 6.45) is 4.20. The van der Waals surface area contributed by atoms with Gasteiger partial charge in [0.1, 0.15) is 11.6 Å². The zero-order chi connectivity index (χ0) is 23.6. The van der Waals surface area contributed by atoms with Crippen molar-refractivity contribution in [2.24, 2.45) is 27.6 Å². The van der Waals surface area contributed by atoms with Crippen molar-refractivity contribution in [3.05, 3.63) is 0 Å². The lowest BCUT2D eigenvalue weighted by Gasteiger charge is -2.35. The van der Waals surface area contributed by atoms with Crippen LogP contribution >= 0.6 is 0 Å². The third-order valence-electron chi connectivity index (χ3n) is 8.70. The Morgan fingerprint density at radius 3 is 2.00 bits per heavy atom. The molecule has 3 aliphatic rings. The van der Waals surface area contributed by atoms with E-state index in [1.54, 1.807) is 4.90 Å². The van der Waals surface area contributed by atoms with E-state index in [1.165, 1.54) is 13.5 Å². The molecular formula is C25H41NO5. The van der Waals surface area contributed by atoms with Crippen LogP contribution in [0.5, 0.6) is 0 Å². The van der Waals surface area contributed by atoms with Crippen LogP contribution in [0, 0.1) is 27.6 Å². The Labute approximate surface area is 187 Å². The number of hydrogen-bond acceptors (Lipinski definition) is 5. The number of rotatable bonds is 4. The number of carbonyl (C=O) groups is 3. The van der Waals surface area contributed by atoms with Gasteiger partial charge in [-0.3, -0.25) is 9.59 Å². The summed E-state index contributed by atoms with van der Waals surface area (Å²) >= 11 is 0. The maximum absolute atomic E-state index is 13.9. The molecule has 1 amide bonds. The number of likely N-dealkylation sites (tertiary alicyclic amines) is 1. The first kappa shape index (κ1) is 24.1. The third kappa shape index (κ3) is 3.58. The number of methoxy groups -OCH3 is 1. The number of nitrogens with zero attached hydrogens (tertiary/aromatic N) is 1. The normalized spacial score (nSPS) is 29.5. The molecule has 1 aliphatic heterocycles. The van der Waals surface area contributed by atoms with Crippen molar-refractivity contribution < 1.29 is 23.9 Å². The Morgan fingerprint density at radius 2 is 1.61 bits per heavy atom. The summed E-state index contributed by atoms with van der Waals surface area (Å²) in [4.78, 5) is 41.0. The maximum Gasteiger partial charge on any atom is 0.328 e. The number of carbonyl (C=O) groups excluding carboxylic acids is 3. The minimum absolute atomic E-state index is 0.00549. The van der Waals surface area contributed by atoms with Gasteiger partial charge in [0.25, 0.3) is 0 Å². The molecule has 2 spiro atoms. The van der Waals surface area contributed by atoms with E-state index in [-0.39, 0.29) is 40.5 Å². The van der Waals surface area contributed by atoms with Crippen molar-refractivity contribution in [1.82, 2.24) is 4.90 Å². The van der Waals surface area contributed by atoms with Crippen molar-refractivity contribution in [2.75, 3.05) is 13.7 Å². The van der Waals surface area contributed by atoms with Crippen molar-refractivity contribution in [2.45, 2.75) is 99.1 Å². The van der Waals surface area contributed by atoms with Crippen LogP contribution in [-0.4, -0.2) is 48.0 Å². The first-order chi connectivity index (χ1) is 14.0. The van der Waals surface area contributed by atoms with Gasteiger partial charge in [0, 0.05) is 12.0 Å². The molecule has 3 rings (SSSR count). The minimum Gasteiger partial charge on any atom is -0.467 e. The summed E-state index contributed by atoms with van der Waals surface area (Å²) in [5.74, 6) is -1.44. The quantitative estimate of drug-likeness (QED) is 0.614. The highest BCUT2D eigenvalue weighted by Crippen LogP contribution is 2.88. The van der Waals surface area contributed by atoms with Gasteiger partial charge in [-0.2, -0.15) is 0 Å². The molecule has 3 fully saturated rings. The lowest BCUT2D eigenvalue weighted by Crippen LogP contribution is -2.48. The first-order valence-electron chi connectivity index (χ1n) is 11.6. The summed E-state index contributed by atoms with van der Waals surface area (Å²) in [5.41, 5.74) is -0.770. The second-order valence-electron chi connectivity index (χ2n) is 12.6. The van der Waals surface area contributed by atoms with Gasteiger partial charge in [-0.1, -0.05) is 41.0 Å². The number of ether oxygens (including phenoxy) is 2. The molecule has 0 aromatic rings. The van der Waals surface area contributed by atoms with E-state index in [9.17, 15) is 14.4 Å². The van der Waals surface area contributed by atoms with E-state index < -0.39 is 23.0 Å². The molecule has 176 valence electrons. The van der Waals surface area contributed by atoms with Crippen molar-refractivity contribution in [3.8, 4) is 0 Å². The second-order valence-corrected chi connectivity index (χ2v) is 12.6. The predicted molar refractivity (Wildman–Crippen MR) is 118 cm³/mol. The third-order valence-corrected chi connectivity index (χ3v) is 8.70. The average Bonchev–Trinajstić information content (AvgIpc) is 2.85. The van der Waals surface area contributed by atoms with E-state index in [0.717, 1.165) is 12.8 Å². The number of fused-ring (bicyclic) bond motifs is 1. The molecule has 31 heavy (non-hydrogen) atoms. The summed E-state index contributed by atoms with van der Waals surface area (Å²) in [7, 11) is 1.38. The van der Waals surface area contributed by atoms with Crippen molar-refractivity contribution in [3.63, 3.8) is 0 Å². The molecule has 3 atom stereocenters. The SMILES string of the molecule is COC(=O)[C@@H]1C[C@@]2(CN1C(=O)[C@@H](CC(=O)OC(C)(C)C)C(C)(C)C)C(C)(C)C21CCC1. The molecule has 6 heteroatoms. The molecule has 6 nitrogen and oxygen atoms in total. The average molecular weight is 436 g/mol. The zero-order valence-electron chi connectivity index (χ0n) is 20.9. The van der Waals surface area contributed by atoms with Crippen LogP contribution in [-0.2, 0) is 23.9 Å². The van der Waals surface area contributed by atoms with E-state index in [1.807, 2.05) is 41.5 Å². The molecule has 0 aromatic carbocycles. The molecule has 0 bridgehead atoms. The summed E-state index contributed by atoms with van der Waals surface area (Å²) in [6, 6.07) is -0.583. The Kier molecular flexibility index (Phi) is 5.60. The van der Waals surface area contributed by atoms with Crippen LogP contribution in [0.4, 0.5) is 0 Å². The Hall–Kier alpha value is -1.59. The Balaban J connectivity index is 1.89. The topological polar surface area (TPSA) is 72.9 Å². The van der Waals surface area contributed by atoms with E-state index in [0.29, 0.717) is 13.0 Å². The van der Waals surface area contributed by atoms with Gasteiger partial charge in [-0.25, -0.2) is 4.79 Å². The largest absolute Gasteiger partial charge is 0.467 e. The van der Waals surface area contributed by atoms with Gasteiger partial charge in [0.05, 0.1) is 19.4 Å². The van der Waals surface area contributed by atoms with Crippen LogP contribution in [0.1, 0.15) is 87.5 Å². The highest BCUT2D eigenvalue weighted by molar-refractivity contribution is 5.89. The van der Waals surface area contributed by atoms with Crippen LogP contribution in [0.3, 0.4) is 0 Å². The van der Waals surface area contributed by atoms with E-state index in [4.69, 9.17) is 9.47 Å². The summed E-state index contributed by atoms with van der Waals surface area (Å²) < 4.78 is 10.6. The van der Waals surface area contributed by atoms with Gasteiger partial charge in [-0.05, 0) is 56.3 Å². The fourth-order valence-electron chi connectivity index (χ4n) is 6.69. The maximum atomic E-state index is 13.9. The molecule has 2 saturated carbocycles. The second kappa shape index (κ2) is 7.21. The van der Waals surface area contributed by atoms with Gasteiger partial charge < -0.3 is 14.4 Å². The summed E-state index contributed by atoms with van der Waals surface area (Å²) in [6.45, 7) is 16.5. The lowest BCUT2D eigenvalue weighted by atomic mass is 9.73. The predicted octanol–water partition coefficient (Wildman–Crippen LogP) is 4.35. The molecule has 0 N–H and O–H groups in total. The lowest BCUT2D eigenvalue weighted by molar-refractivity contribution is -0.162. The Bertz CT molecular complexity index is 768. The fourth-order valence-corrected chi connectivity index (χ4v) is 6.69. The van der Waals surface area contributed by atoms with Crippen molar-refractivity contribution in [1.29, 1.82) is 0 Å². The molecule has 0 radical (unpaired) electrons. The molecule has 0 unspecified atom stereocenters. The Morgan fingerprint density at radius 1 is 1.03 bits per heavy atom. The zero-order valence-corrected chi connectivity index (χ0v) is 20.9. The van der Waals surface area contributed by atoms with Crippen LogP contribution < -0.4 is 0 Å². The van der Waals surface area contributed by atoms with E-state index >= 15 is 0 Å². The van der Waals surface area contributed by atoms with Gasteiger partial charge in [-0.15, -0.1) is 0 Å². The number of amides is 1. The molecular weight excluding hydrogens is 394 g/mol. The number of esters is 2. The highest BCUT2D eigenvalue weighted by Gasteiger charge is 2.85. The monoisotopic (exact) mass is 435 g/mol. The van der Waals surface area contributed by atoms with Gasteiger partial charge >= 0.3 is 11.9 Å². The molecule has 0 aromatic heterocycles. The molecule has 1 heterocycles. The standard InChI is InChI=1S/C25H41NO5/c1-21(2,3)16(13-18(27)31-22(4,5)6)19(28)26-15-25(14-17(26)20(29)30-9)23(7,8)24(25)11-10-12-24/h16-17H,10-15H2,1-9H3/t16-,17+,25-/m1/s1. The highest BCUT2D eigenvalue weighted by atomic mass is 16.6.